The smallest absolute Gasteiger partial charge is 0.218 e. The van der Waals surface area contributed by atoms with Crippen LogP contribution in [0, 0.1) is 0 Å². The van der Waals surface area contributed by atoms with Crippen LogP contribution < -0.4 is 5.73 Å². The topological polar surface area (TPSA) is 46.3 Å². The van der Waals surface area contributed by atoms with Gasteiger partial charge in [0.1, 0.15) is 0 Å². The molecule has 1 unspecified atom stereocenters. The lowest BCUT2D eigenvalue weighted by Crippen LogP contribution is -2.29. The number of amides is 1. The standard InChI is InChI=1S/C6H14N2O/c1-5(8(2)3)4-6(7)9/h5H,4H2,1-3H3,(H2,7,9). The zero-order chi connectivity index (χ0) is 7.44. The lowest BCUT2D eigenvalue weighted by molar-refractivity contribution is -0.118. The van der Waals surface area contributed by atoms with Gasteiger partial charge in [-0.1, -0.05) is 0 Å². The fraction of sp³-hybridized carbons (Fsp3) is 0.833. The van der Waals surface area contributed by atoms with E-state index in [1.807, 2.05) is 25.9 Å². The lowest BCUT2D eigenvalue weighted by atomic mass is 10.2. The SMILES string of the molecule is CC(CC(N)=O)N(C)C. The second kappa shape index (κ2) is 3.45. The molecule has 1 amide bonds. The quantitative estimate of drug-likeness (QED) is 0.575. The zero-order valence-corrected chi connectivity index (χ0v) is 6.22. The van der Waals surface area contributed by atoms with Crippen LogP contribution in [0.1, 0.15) is 13.3 Å². The van der Waals surface area contributed by atoms with E-state index in [-0.39, 0.29) is 11.9 Å². The highest BCUT2D eigenvalue weighted by Crippen LogP contribution is 1.95. The van der Waals surface area contributed by atoms with Gasteiger partial charge >= 0.3 is 0 Å². The number of nitrogens with two attached hydrogens (primary N) is 1. The Hall–Kier alpha value is -0.570. The van der Waals surface area contributed by atoms with Crippen LogP contribution in [0.3, 0.4) is 0 Å². The zero-order valence-electron chi connectivity index (χ0n) is 6.22. The average Bonchev–Trinajstić information content (AvgIpc) is 1.63. The Labute approximate surface area is 55.8 Å². The molecule has 1 atom stereocenters. The molecule has 0 aromatic carbocycles. The third kappa shape index (κ3) is 3.97. The van der Waals surface area contributed by atoms with Crippen LogP contribution in [0.4, 0.5) is 0 Å². The predicted octanol–water partition coefficient (Wildman–Crippen LogP) is -0.188. The molecular weight excluding hydrogens is 116 g/mol. The van der Waals surface area contributed by atoms with Crippen molar-refractivity contribution < 1.29 is 4.79 Å². The lowest BCUT2D eigenvalue weighted by Gasteiger charge is -2.17. The van der Waals surface area contributed by atoms with Crippen LogP contribution in [-0.2, 0) is 4.79 Å². The molecule has 0 saturated heterocycles. The maximum Gasteiger partial charge on any atom is 0.218 e. The van der Waals surface area contributed by atoms with Gasteiger partial charge in [0.05, 0.1) is 0 Å². The second-order valence-electron chi connectivity index (χ2n) is 2.48. The molecule has 2 N–H and O–H groups in total. The first-order valence-corrected chi connectivity index (χ1v) is 2.98. The van der Waals surface area contributed by atoms with Crippen LogP contribution in [0.5, 0.6) is 0 Å². The average molecular weight is 130 g/mol. The van der Waals surface area contributed by atoms with E-state index < -0.39 is 0 Å². The highest BCUT2D eigenvalue weighted by Gasteiger charge is 2.06. The van der Waals surface area contributed by atoms with Gasteiger partial charge in [-0.15, -0.1) is 0 Å². The van der Waals surface area contributed by atoms with Gasteiger partial charge in [-0.25, -0.2) is 0 Å². The molecule has 9 heavy (non-hydrogen) atoms. The van der Waals surface area contributed by atoms with E-state index in [9.17, 15) is 4.79 Å². The first kappa shape index (κ1) is 8.43. The molecule has 0 radical (unpaired) electrons. The molecule has 0 saturated carbocycles. The number of primary amides is 1. The van der Waals surface area contributed by atoms with Gasteiger partial charge in [0.25, 0.3) is 0 Å². The summed E-state index contributed by atoms with van der Waals surface area (Å²) in [7, 11) is 3.85. The molecule has 0 aliphatic rings. The van der Waals surface area contributed by atoms with Crippen molar-refractivity contribution in [3.8, 4) is 0 Å². The van der Waals surface area contributed by atoms with Gasteiger partial charge in [0.15, 0.2) is 0 Å². The van der Waals surface area contributed by atoms with Crippen molar-refractivity contribution in [2.45, 2.75) is 19.4 Å². The molecule has 0 aromatic heterocycles. The van der Waals surface area contributed by atoms with Crippen molar-refractivity contribution in [2.75, 3.05) is 14.1 Å². The number of hydrogen-bond donors (Lipinski definition) is 1. The van der Waals surface area contributed by atoms with Crippen molar-refractivity contribution >= 4 is 5.91 Å². The second-order valence-corrected chi connectivity index (χ2v) is 2.48. The Kier molecular flexibility index (Phi) is 3.24. The number of carbonyl (C=O) groups excluding carboxylic acids is 1. The summed E-state index contributed by atoms with van der Waals surface area (Å²) in [5, 5.41) is 0. The molecule has 0 fully saturated rings. The van der Waals surface area contributed by atoms with E-state index in [1.54, 1.807) is 0 Å². The van der Waals surface area contributed by atoms with E-state index >= 15 is 0 Å². The number of nitrogens with zero attached hydrogens (tertiary/aromatic N) is 1. The van der Waals surface area contributed by atoms with Crippen molar-refractivity contribution in [2.24, 2.45) is 5.73 Å². The molecule has 3 heteroatoms. The highest BCUT2D eigenvalue weighted by atomic mass is 16.1. The molecule has 54 valence electrons. The summed E-state index contributed by atoms with van der Waals surface area (Å²) in [5.41, 5.74) is 4.97. The van der Waals surface area contributed by atoms with Crippen LogP contribution in [0.2, 0.25) is 0 Å². The molecule has 0 aliphatic carbocycles. The third-order valence-electron chi connectivity index (χ3n) is 1.38. The number of rotatable bonds is 3. The molecule has 0 heterocycles. The summed E-state index contributed by atoms with van der Waals surface area (Å²) in [4.78, 5) is 12.3. The molecule has 0 rings (SSSR count). The number of carbonyl (C=O) groups is 1. The minimum absolute atomic E-state index is 0.240. The minimum Gasteiger partial charge on any atom is -0.370 e. The van der Waals surface area contributed by atoms with Crippen molar-refractivity contribution in [1.82, 2.24) is 4.90 Å². The summed E-state index contributed by atoms with van der Waals surface area (Å²) < 4.78 is 0. The van der Waals surface area contributed by atoms with Crippen molar-refractivity contribution in [3.63, 3.8) is 0 Å². The Morgan fingerprint density at radius 1 is 1.67 bits per heavy atom. The molecule has 0 spiro atoms. The third-order valence-corrected chi connectivity index (χ3v) is 1.38. The molecule has 0 bridgehead atoms. The van der Waals surface area contributed by atoms with Crippen molar-refractivity contribution in [1.29, 1.82) is 0 Å². The Morgan fingerprint density at radius 2 is 2.11 bits per heavy atom. The fourth-order valence-corrected chi connectivity index (χ4v) is 0.474. The summed E-state index contributed by atoms with van der Waals surface area (Å²) in [6.45, 7) is 1.96. The largest absolute Gasteiger partial charge is 0.370 e. The maximum atomic E-state index is 10.3. The van der Waals surface area contributed by atoms with Gasteiger partial charge in [-0.3, -0.25) is 4.79 Å². The van der Waals surface area contributed by atoms with Crippen LogP contribution in [-0.4, -0.2) is 30.9 Å². The monoisotopic (exact) mass is 130 g/mol. The van der Waals surface area contributed by atoms with E-state index in [2.05, 4.69) is 0 Å². The van der Waals surface area contributed by atoms with Crippen molar-refractivity contribution in [3.05, 3.63) is 0 Å². The fourth-order valence-electron chi connectivity index (χ4n) is 0.474. The van der Waals surface area contributed by atoms with Gasteiger partial charge in [-0.05, 0) is 21.0 Å². The summed E-state index contributed by atoms with van der Waals surface area (Å²) in [6, 6.07) is 0.252. The van der Waals surface area contributed by atoms with E-state index in [0.29, 0.717) is 6.42 Å². The summed E-state index contributed by atoms with van der Waals surface area (Å²) in [5.74, 6) is -0.240. The molecular formula is C6H14N2O. The van der Waals surface area contributed by atoms with E-state index in [4.69, 9.17) is 5.73 Å². The molecule has 3 nitrogen and oxygen atoms in total. The van der Waals surface area contributed by atoms with Gasteiger partial charge in [-0.2, -0.15) is 0 Å². The normalized spacial score (nSPS) is 13.8. The van der Waals surface area contributed by atoms with Gasteiger partial charge < -0.3 is 10.6 Å². The molecule has 0 aliphatic heterocycles. The van der Waals surface area contributed by atoms with Crippen LogP contribution >= 0.6 is 0 Å². The first-order chi connectivity index (χ1) is 4.04. The number of hydrogen-bond acceptors (Lipinski definition) is 2. The predicted molar refractivity (Wildman–Crippen MR) is 37.0 cm³/mol. The summed E-state index contributed by atoms with van der Waals surface area (Å²) >= 11 is 0. The molecule has 0 aromatic rings. The van der Waals surface area contributed by atoms with E-state index in [0.717, 1.165) is 0 Å². The maximum absolute atomic E-state index is 10.3. The first-order valence-electron chi connectivity index (χ1n) is 2.98. The van der Waals surface area contributed by atoms with Crippen LogP contribution in [0.25, 0.3) is 0 Å². The van der Waals surface area contributed by atoms with Gasteiger partial charge in [0.2, 0.25) is 5.91 Å². The Morgan fingerprint density at radius 3 is 2.22 bits per heavy atom. The summed E-state index contributed by atoms with van der Waals surface area (Å²) in [6.07, 6.45) is 0.438. The minimum atomic E-state index is -0.240. The Bertz CT molecular complexity index is 101. The van der Waals surface area contributed by atoms with Gasteiger partial charge in [0, 0.05) is 12.5 Å². The Balaban J connectivity index is 3.50. The van der Waals surface area contributed by atoms with E-state index in [1.165, 1.54) is 0 Å². The highest BCUT2D eigenvalue weighted by molar-refractivity contribution is 5.74. The van der Waals surface area contributed by atoms with Crippen LogP contribution in [0.15, 0.2) is 0 Å².